The number of carbonyl (C=O) groups is 3. The SMILES string of the molecule is CC(C)(C)OC(=O)NCC1CCC(C(=O)N(C(=O)[C@@H](N)Cc2cccc(Br)c2)c2ccc(-c3n[nH]c(C(F)(F)F)n3)cc2)CC1. The molecule has 1 atom stereocenters. The molecule has 0 unspecified atom stereocenters. The van der Waals surface area contributed by atoms with E-state index < -0.39 is 47.5 Å². The number of imide groups is 1. The van der Waals surface area contributed by atoms with Crippen molar-refractivity contribution in [2.45, 2.75) is 70.7 Å². The van der Waals surface area contributed by atoms with Crippen molar-refractivity contribution in [3.8, 4) is 11.4 Å². The number of alkyl carbamates (subject to hydrolysis) is 1. The molecule has 3 aromatic rings. The molecule has 1 aliphatic carbocycles. The quantitative estimate of drug-likeness (QED) is 0.262. The van der Waals surface area contributed by atoms with Crippen molar-refractivity contribution in [2.24, 2.45) is 17.6 Å². The molecule has 10 nitrogen and oxygen atoms in total. The van der Waals surface area contributed by atoms with E-state index in [1.807, 2.05) is 29.4 Å². The number of ether oxygens (including phenoxy) is 1. The third kappa shape index (κ3) is 9.36. The lowest BCUT2D eigenvalue weighted by molar-refractivity contribution is -0.144. The second-order valence-corrected chi connectivity index (χ2v) is 13.0. The standard InChI is InChI=1S/C31H36BrF3N6O4/c1-30(2,3)45-29(44)37-17-18-7-9-21(10-8-18)26(42)41(27(43)24(36)16-19-5-4-6-22(32)15-19)23-13-11-20(12-14-23)25-38-28(40-39-25)31(33,34)35/h4-6,11-15,18,21,24H,7-10,16-17,36H2,1-3H3,(H,37,44)(H,38,39,40)/t18?,21?,24-/m0/s1. The van der Waals surface area contributed by atoms with Crippen molar-refractivity contribution in [1.29, 1.82) is 0 Å². The molecule has 0 radical (unpaired) electrons. The lowest BCUT2D eigenvalue weighted by Crippen LogP contribution is -2.50. The van der Waals surface area contributed by atoms with Gasteiger partial charge in [-0.1, -0.05) is 28.1 Å². The second-order valence-electron chi connectivity index (χ2n) is 12.1. The topological polar surface area (TPSA) is 143 Å². The highest BCUT2D eigenvalue weighted by Gasteiger charge is 2.37. The van der Waals surface area contributed by atoms with Crippen LogP contribution in [0.4, 0.5) is 23.7 Å². The molecular formula is C31H36BrF3N6O4. The number of hydrogen-bond acceptors (Lipinski definition) is 7. The van der Waals surface area contributed by atoms with E-state index in [1.54, 1.807) is 20.8 Å². The molecule has 4 N–H and O–H groups in total. The second kappa shape index (κ2) is 14.1. The van der Waals surface area contributed by atoms with Crippen LogP contribution in [0, 0.1) is 11.8 Å². The van der Waals surface area contributed by atoms with Crippen LogP contribution < -0.4 is 16.0 Å². The number of rotatable bonds is 8. The number of nitrogens with one attached hydrogen (secondary N) is 2. The van der Waals surface area contributed by atoms with E-state index in [4.69, 9.17) is 10.5 Å². The number of nitrogens with two attached hydrogens (primary N) is 1. The number of benzene rings is 2. The fraction of sp³-hybridized carbons (Fsp3) is 0.452. The third-order valence-corrected chi connectivity index (χ3v) is 7.86. The highest BCUT2D eigenvalue weighted by atomic mass is 79.9. The fourth-order valence-corrected chi connectivity index (χ4v) is 5.60. The summed E-state index contributed by atoms with van der Waals surface area (Å²) in [7, 11) is 0. The molecule has 1 fully saturated rings. The Morgan fingerprint density at radius 1 is 1.09 bits per heavy atom. The van der Waals surface area contributed by atoms with Gasteiger partial charge in [0.1, 0.15) is 5.60 Å². The van der Waals surface area contributed by atoms with Crippen LogP contribution in [-0.2, 0) is 26.9 Å². The predicted molar refractivity (Wildman–Crippen MR) is 165 cm³/mol. The lowest BCUT2D eigenvalue weighted by atomic mass is 9.81. The molecule has 4 rings (SSSR count). The fourth-order valence-electron chi connectivity index (χ4n) is 5.15. The Morgan fingerprint density at radius 2 is 1.76 bits per heavy atom. The van der Waals surface area contributed by atoms with Crippen LogP contribution in [0.5, 0.6) is 0 Å². The van der Waals surface area contributed by atoms with Crippen molar-refractivity contribution in [3.63, 3.8) is 0 Å². The zero-order valence-corrected chi connectivity index (χ0v) is 26.7. The van der Waals surface area contributed by atoms with Gasteiger partial charge in [-0.15, -0.1) is 0 Å². The van der Waals surface area contributed by atoms with Crippen molar-refractivity contribution in [1.82, 2.24) is 20.5 Å². The van der Waals surface area contributed by atoms with Gasteiger partial charge in [-0.3, -0.25) is 14.7 Å². The number of carbonyl (C=O) groups excluding carboxylic acids is 3. The van der Waals surface area contributed by atoms with Crippen molar-refractivity contribution in [2.75, 3.05) is 11.4 Å². The molecule has 3 amide bonds. The van der Waals surface area contributed by atoms with Crippen LogP contribution in [-0.4, -0.2) is 51.3 Å². The van der Waals surface area contributed by atoms with Crippen LogP contribution in [0.15, 0.2) is 53.0 Å². The van der Waals surface area contributed by atoms with E-state index in [-0.39, 0.29) is 29.4 Å². The number of aromatic nitrogens is 3. The van der Waals surface area contributed by atoms with Gasteiger partial charge >= 0.3 is 12.3 Å². The molecule has 0 aliphatic heterocycles. The first-order valence-electron chi connectivity index (χ1n) is 14.6. The summed E-state index contributed by atoms with van der Waals surface area (Å²) in [6.07, 6.45) is -2.69. The van der Waals surface area contributed by atoms with Gasteiger partial charge in [0.15, 0.2) is 5.82 Å². The van der Waals surface area contributed by atoms with Gasteiger partial charge in [-0.25, -0.2) is 14.7 Å². The maximum absolute atomic E-state index is 13.9. The van der Waals surface area contributed by atoms with E-state index in [2.05, 4.69) is 31.3 Å². The van der Waals surface area contributed by atoms with E-state index in [1.165, 1.54) is 24.3 Å². The van der Waals surface area contributed by atoms with Crippen molar-refractivity contribution in [3.05, 3.63) is 64.4 Å². The average molecular weight is 694 g/mol. The monoisotopic (exact) mass is 692 g/mol. The zero-order valence-electron chi connectivity index (χ0n) is 25.2. The molecule has 0 spiro atoms. The minimum Gasteiger partial charge on any atom is -0.444 e. The molecule has 2 aromatic carbocycles. The summed E-state index contributed by atoms with van der Waals surface area (Å²) in [6.45, 7) is 5.76. The molecule has 45 heavy (non-hydrogen) atoms. The summed E-state index contributed by atoms with van der Waals surface area (Å²) in [5.41, 5.74) is 7.05. The highest BCUT2D eigenvalue weighted by molar-refractivity contribution is 9.10. The van der Waals surface area contributed by atoms with E-state index >= 15 is 0 Å². The number of hydrogen-bond donors (Lipinski definition) is 3. The normalized spacial score (nSPS) is 17.8. The molecule has 14 heteroatoms. The summed E-state index contributed by atoms with van der Waals surface area (Å²) in [5, 5.41) is 8.30. The Bertz CT molecular complexity index is 1500. The smallest absolute Gasteiger partial charge is 0.444 e. The van der Waals surface area contributed by atoms with Crippen LogP contribution in [0.2, 0.25) is 0 Å². The number of amides is 3. The number of anilines is 1. The highest BCUT2D eigenvalue weighted by Crippen LogP contribution is 2.33. The van der Waals surface area contributed by atoms with Gasteiger partial charge in [0.2, 0.25) is 11.7 Å². The molecule has 1 saturated carbocycles. The maximum atomic E-state index is 13.9. The van der Waals surface area contributed by atoms with Gasteiger partial charge in [-0.05, 0) is 101 Å². The lowest BCUT2D eigenvalue weighted by Gasteiger charge is -2.32. The summed E-state index contributed by atoms with van der Waals surface area (Å²) < 4.78 is 45.1. The number of halogens is 4. The largest absolute Gasteiger partial charge is 0.451 e. The maximum Gasteiger partial charge on any atom is 0.451 e. The summed E-state index contributed by atoms with van der Waals surface area (Å²) in [4.78, 5) is 44.4. The Hall–Kier alpha value is -3.78. The summed E-state index contributed by atoms with van der Waals surface area (Å²) in [6, 6.07) is 12.1. The van der Waals surface area contributed by atoms with E-state index in [0.29, 0.717) is 32.2 Å². The van der Waals surface area contributed by atoms with Crippen LogP contribution >= 0.6 is 15.9 Å². The van der Waals surface area contributed by atoms with Crippen molar-refractivity contribution < 1.29 is 32.3 Å². The van der Waals surface area contributed by atoms with Gasteiger partial charge in [0.25, 0.3) is 5.91 Å². The molecule has 0 bridgehead atoms. The molecular weight excluding hydrogens is 657 g/mol. The van der Waals surface area contributed by atoms with Gasteiger partial charge in [-0.2, -0.15) is 18.3 Å². The summed E-state index contributed by atoms with van der Waals surface area (Å²) in [5.74, 6) is -2.74. The van der Waals surface area contributed by atoms with E-state index in [9.17, 15) is 27.6 Å². The first-order valence-corrected chi connectivity index (χ1v) is 15.3. The Labute approximate surface area is 267 Å². The zero-order chi connectivity index (χ0) is 32.9. The first kappa shape index (κ1) is 34.1. The number of alkyl halides is 3. The molecule has 242 valence electrons. The molecule has 0 saturated heterocycles. The molecule has 1 aliphatic rings. The van der Waals surface area contributed by atoms with Crippen LogP contribution in [0.25, 0.3) is 11.4 Å². The Kier molecular flexibility index (Phi) is 10.7. The summed E-state index contributed by atoms with van der Waals surface area (Å²) >= 11 is 3.41. The Morgan fingerprint density at radius 3 is 2.33 bits per heavy atom. The minimum atomic E-state index is -4.68. The van der Waals surface area contributed by atoms with Crippen LogP contribution in [0.1, 0.15) is 57.8 Å². The van der Waals surface area contributed by atoms with Gasteiger partial charge in [0, 0.05) is 22.5 Å². The van der Waals surface area contributed by atoms with Crippen molar-refractivity contribution >= 4 is 39.5 Å². The minimum absolute atomic E-state index is 0.145. The molecule has 1 heterocycles. The third-order valence-electron chi connectivity index (χ3n) is 7.37. The van der Waals surface area contributed by atoms with E-state index in [0.717, 1.165) is 14.9 Å². The number of aromatic amines is 1. The number of H-pyrrole nitrogens is 1. The first-order chi connectivity index (χ1) is 21.1. The van der Waals surface area contributed by atoms with Gasteiger partial charge in [0.05, 0.1) is 11.7 Å². The van der Waals surface area contributed by atoms with Crippen LogP contribution in [0.3, 0.4) is 0 Å². The number of nitrogens with zero attached hydrogens (tertiary/aromatic N) is 3. The van der Waals surface area contributed by atoms with Gasteiger partial charge < -0.3 is 15.8 Å². The predicted octanol–water partition coefficient (Wildman–Crippen LogP) is 6.01. The average Bonchev–Trinajstić information content (AvgIpc) is 3.47. The molecule has 1 aromatic heterocycles. The Balaban J connectivity index is 1.50.